The van der Waals surface area contributed by atoms with Gasteiger partial charge in [0.2, 0.25) is 0 Å². The van der Waals surface area contributed by atoms with Gasteiger partial charge >= 0.3 is 25.2 Å². The first-order valence-corrected chi connectivity index (χ1v) is 1.19. The zero-order chi connectivity index (χ0) is 5.41. The van der Waals surface area contributed by atoms with Crippen LogP contribution in [0.2, 0.25) is 0 Å². The van der Waals surface area contributed by atoms with Crippen LogP contribution in [0.1, 0.15) is 0 Å². The number of rotatable bonds is 0. The van der Waals surface area contributed by atoms with Crippen LogP contribution < -0.4 is 0 Å². The van der Waals surface area contributed by atoms with Crippen LogP contribution in [0.15, 0.2) is 5.34 Å². The van der Waals surface area contributed by atoms with Gasteiger partial charge in [0.15, 0.2) is 0 Å². The third-order valence-electron chi connectivity index (χ3n) is 0. The zero-order valence-corrected chi connectivity index (χ0v) is 3.42. The van der Waals surface area contributed by atoms with E-state index < -0.39 is 0 Å². The standard InChI is InChI=1S/CO.Cu.HNO2/c1-2;;2-1-3/h;;(H,2,3)/p-1. The molecule has 0 aromatic rings. The second-order valence-corrected chi connectivity index (χ2v) is 0.328. The summed E-state index contributed by atoms with van der Waals surface area (Å²) >= 11 is 3.70. The van der Waals surface area contributed by atoms with Gasteiger partial charge < -0.3 is 10.1 Å². The molecule has 0 amide bonds. The van der Waals surface area contributed by atoms with Crippen LogP contribution in [0.4, 0.5) is 0 Å². The predicted molar refractivity (Wildman–Crippen MR) is 14.9 cm³/mol. The first kappa shape index (κ1) is 9.09. The number of hydrogen-bond acceptors (Lipinski definition) is 4. The van der Waals surface area contributed by atoms with Crippen LogP contribution in [-0.4, -0.2) is 4.79 Å². The Labute approximate surface area is 41.4 Å². The third-order valence-corrected chi connectivity index (χ3v) is 0. The molecule has 0 N–H and O–H groups in total. The molecule has 0 heterocycles. The van der Waals surface area contributed by atoms with Gasteiger partial charge in [0.25, 0.3) is 0 Å². The molecule has 0 atom stereocenters. The zero-order valence-electron chi connectivity index (χ0n) is 2.47. The maximum atomic E-state index is 8.49. The van der Waals surface area contributed by atoms with Gasteiger partial charge in [-0.1, -0.05) is 0 Å². The van der Waals surface area contributed by atoms with Gasteiger partial charge in [-0.15, -0.1) is 5.34 Å². The molecule has 0 aromatic carbocycles. The van der Waals surface area contributed by atoms with Gasteiger partial charge in [-0.2, -0.15) is 0 Å². The third kappa shape index (κ3) is 87.3. The molecule has 0 radical (unpaired) electrons. The van der Waals surface area contributed by atoms with Crippen molar-refractivity contribution in [2.75, 3.05) is 0 Å². The first-order valence-electron chi connectivity index (χ1n) is 0.720. The summed E-state index contributed by atoms with van der Waals surface area (Å²) in [7, 11) is 0. The number of nitrogens with zero attached hydrogens (tertiary/aromatic N) is 1. The molecule has 0 fully saturated rings. The van der Waals surface area contributed by atoms with E-state index in [4.69, 9.17) is 14.9 Å². The number of hydrogen-bond donors (Lipinski definition) is 0. The molecule has 6 heavy (non-hydrogen) atoms. The molecule has 0 aliphatic carbocycles. The minimum absolute atomic E-state index is 1.00. The van der Waals surface area contributed by atoms with Crippen LogP contribution in [-0.2, 0) is 20.4 Å². The summed E-state index contributed by atoms with van der Waals surface area (Å²) in [5.74, 6) is 0. The maximum absolute atomic E-state index is 8.49. The number of carbonyl (C=O) groups excluding carboxylic acids is 1. The van der Waals surface area contributed by atoms with E-state index in [1.54, 1.807) is 0 Å². The van der Waals surface area contributed by atoms with Crippen LogP contribution in [0.5, 0.6) is 0 Å². The Kier molecular flexibility index (Phi) is 37.1. The molecular weight excluding hydrogens is 138 g/mol. The van der Waals surface area contributed by atoms with Crippen molar-refractivity contribution in [1.82, 2.24) is 0 Å². The summed E-state index contributed by atoms with van der Waals surface area (Å²) < 4.78 is 0. The van der Waals surface area contributed by atoms with E-state index in [1.807, 2.05) is 0 Å². The average molecular weight is 138 g/mol. The molecule has 0 unspecified atom stereocenters. The van der Waals surface area contributed by atoms with E-state index in [2.05, 4.69) is 15.6 Å². The molecular formula is CCuNO3-. The Bertz CT molecular complexity index is 55.8. The summed E-state index contributed by atoms with van der Waals surface area (Å²) in [6, 6.07) is 0. The van der Waals surface area contributed by atoms with E-state index >= 15 is 0 Å². The molecule has 0 saturated carbocycles. The van der Waals surface area contributed by atoms with Crippen molar-refractivity contribution in [2.24, 2.45) is 5.34 Å². The second-order valence-electron chi connectivity index (χ2n) is 0.136. The Hall–Kier alpha value is -0.501. The monoisotopic (exact) mass is 137 g/mol. The van der Waals surface area contributed by atoms with Gasteiger partial charge in [-0.05, 0) is 0 Å². The summed E-state index contributed by atoms with van der Waals surface area (Å²) in [4.78, 5) is 17.5. The average Bonchev–Trinajstić information content (AvgIpc) is 1.39. The normalized spacial score (nSPS) is 3.67. The molecule has 4 nitrogen and oxygen atoms in total. The van der Waals surface area contributed by atoms with Gasteiger partial charge in [0, 0.05) is 0 Å². The molecule has 0 aliphatic heterocycles. The molecule has 0 aromatic heterocycles. The second kappa shape index (κ2) is 24.5. The van der Waals surface area contributed by atoms with Crippen molar-refractivity contribution < 1.29 is 20.4 Å². The summed E-state index contributed by atoms with van der Waals surface area (Å²) in [5.41, 5.74) is 0. The van der Waals surface area contributed by atoms with Crippen molar-refractivity contribution in [1.29, 1.82) is 0 Å². The fourth-order valence-corrected chi connectivity index (χ4v) is 0. The van der Waals surface area contributed by atoms with Crippen molar-refractivity contribution in [3.8, 4) is 0 Å². The summed E-state index contributed by atoms with van der Waals surface area (Å²) in [5, 5.41) is 9.00. The van der Waals surface area contributed by atoms with Crippen molar-refractivity contribution >= 4 is 4.79 Å². The topological polar surface area (TPSA) is 69.6 Å². The Morgan fingerprint density at radius 2 is 1.83 bits per heavy atom. The SMILES string of the molecule is O=N[O-].O=[C]=[Cu]. The molecule has 0 aliphatic rings. The first-order chi connectivity index (χ1) is 2.83. The quantitative estimate of drug-likeness (QED) is 0.265. The summed E-state index contributed by atoms with van der Waals surface area (Å²) in [6.45, 7) is 0. The van der Waals surface area contributed by atoms with Crippen molar-refractivity contribution in [2.45, 2.75) is 0 Å². The Morgan fingerprint density at radius 1 is 1.83 bits per heavy atom. The Morgan fingerprint density at radius 3 is 1.83 bits per heavy atom. The molecule has 5 heteroatoms. The van der Waals surface area contributed by atoms with E-state index in [1.165, 1.54) is 0 Å². The fourth-order valence-electron chi connectivity index (χ4n) is 0. The van der Waals surface area contributed by atoms with Gasteiger partial charge in [-0.25, -0.2) is 0 Å². The van der Waals surface area contributed by atoms with E-state index in [0.29, 0.717) is 0 Å². The molecule has 0 spiro atoms. The molecule has 0 bridgehead atoms. The summed E-state index contributed by atoms with van der Waals surface area (Å²) in [6.07, 6.45) is 0. The molecule has 0 rings (SSSR count). The van der Waals surface area contributed by atoms with Crippen LogP contribution in [0.25, 0.3) is 0 Å². The molecule has 0 saturated heterocycles. The van der Waals surface area contributed by atoms with Crippen LogP contribution in [0.3, 0.4) is 0 Å². The van der Waals surface area contributed by atoms with Crippen molar-refractivity contribution in [3.63, 3.8) is 0 Å². The van der Waals surface area contributed by atoms with Gasteiger partial charge in [0.05, 0.1) is 0 Å². The molecule has 39 valence electrons. The van der Waals surface area contributed by atoms with Gasteiger partial charge in [0.1, 0.15) is 0 Å². The fraction of sp³-hybridized carbons (Fsp3) is 0. The van der Waals surface area contributed by atoms with E-state index in [9.17, 15) is 0 Å². The van der Waals surface area contributed by atoms with E-state index in [-0.39, 0.29) is 0 Å². The van der Waals surface area contributed by atoms with Crippen LogP contribution >= 0.6 is 0 Å². The van der Waals surface area contributed by atoms with Gasteiger partial charge in [-0.3, -0.25) is 0 Å². The minimum atomic E-state index is 1.00. The Balaban J connectivity index is 0. The van der Waals surface area contributed by atoms with E-state index in [0.717, 1.165) is 10.1 Å². The predicted octanol–water partition coefficient (Wildman–Crippen LogP) is -0.149. The van der Waals surface area contributed by atoms with Crippen molar-refractivity contribution in [3.05, 3.63) is 10.1 Å². The van der Waals surface area contributed by atoms with Crippen LogP contribution in [0, 0.1) is 10.1 Å².